The van der Waals surface area contributed by atoms with Crippen molar-refractivity contribution in [1.82, 2.24) is 0 Å². The van der Waals surface area contributed by atoms with Crippen molar-refractivity contribution < 1.29 is 23.9 Å². The molecule has 8 nitrogen and oxygen atoms in total. The van der Waals surface area contributed by atoms with Crippen LogP contribution in [0.15, 0.2) is 33.7 Å². The summed E-state index contributed by atoms with van der Waals surface area (Å²) in [5.74, 6) is -2.04. The summed E-state index contributed by atoms with van der Waals surface area (Å²) in [4.78, 5) is 38.6. The molecule has 10 heteroatoms. The van der Waals surface area contributed by atoms with Crippen LogP contribution in [0.1, 0.15) is 50.9 Å². The van der Waals surface area contributed by atoms with Crippen molar-refractivity contribution in [1.29, 1.82) is 0 Å². The third-order valence-electron chi connectivity index (χ3n) is 4.58. The van der Waals surface area contributed by atoms with Crippen LogP contribution >= 0.6 is 22.9 Å². The number of carboxylic acid groups (broad SMARTS) is 1. The summed E-state index contributed by atoms with van der Waals surface area (Å²) < 4.78 is 5.81. The van der Waals surface area contributed by atoms with Gasteiger partial charge in [0.1, 0.15) is 16.1 Å². The molecule has 0 radical (unpaired) electrons. The summed E-state index contributed by atoms with van der Waals surface area (Å²) >= 11 is 7.42. The van der Waals surface area contributed by atoms with Crippen LogP contribution in [0.25, 0.3) is 11.0 Å². The smallest absolute Gasteiger partial charge is 0.300 e. The highest BCUT2D eigenvalue weighted by molar-refractivity contribution is 7.16. The highest BCUT2D eigenvalue weighted by Crippen LogP contribution is 2.39. The Morgan fingerprint density at radius 2 is 1.81 bits per heavy atom. The monoisotopic (exact) mass is 461 g/mol. The number of halogens is 1. The molecule has 2 aromatic heterocycles. The van der Waals surface area contributed by atoms with E-state index in [0.29, 0.717) is 26.6 Å². The zero-order valence-corrected chi connectivity index (χ0v) is 18.2. The van der Waals surface area contributed by atoms with Crippen LogP contribution in [0.4, 0.5) is 5.00 Å². The van der Waals surface area contributed by atoms with Gasteiger partial charge in [0.25, 0.3) is 17.8 Å². The van der Waals surface area contributed by atoms with Crippen LogP contribution in [0.5, 0.6) is 0 Å². The van der Waals surface area contributed by atoms with E-state index in [1.807, 2.05) is 0 Å². The first kappa shape index (κ1) is 22.5. The molecule has 0 saturated heterocycles. The lowest BCUT2D eigenvalue weighted by Crippen LogP contribution is -2.22. The summed E-state index contributed by atoms with van der Waals surface area (Å²) in [5, 5.41) is 9.02. The van der Waals surface area contributed by atoms with Gasteiger partial charge in [0.2, 0.25) is 5.55 Å². The molecule has 4 rings (SSSR count). The fourth-order valence-corrected chi connectivity index (χ4v) is 4.78. The van der Waals surface area contributed by atoms with Crippen molar-refractivity contribution >= 4 is 56.7 Å². The van der Waals surface area contributed by atoms with Crippen LogP contribution in [0.2, 0.25) is 5.02 Å². The third kappa shape index (κ3) is 5.12. The van der Waals surface area contributed by atoms with Crippen molar-refractivity contribution in [3.8, 4) is 0 Å². The van der Waals surface area contributed by atoms with Gasteiger partial charge in [-0.3, -0.25) is 14.4 Å². The van der Waals surface area contributed by atoms with Crippen molar-refractivity contribution in [2.45, 2.75) is 32.6 Å². The topological polar surface area (TPSA) is 149 Å². The molecule has 0 unspecified atom stereocenters. The number of fused-ring (bicyclic) bond motifs is 2. The average Bonchev–Trinajstić information content (AvgIpc) is 3.05. The molecule has 3 aromatic rings. The van der Waals surface area contributed by atoms with Crippen LogP contribution in [0, 0.1) is 0 Å². The number of hydrogen-bond acceptors (Lipinski definition) is 6. The summed E-state index contributed by atoms with van der Waals surface area (Å²) in [5.41, 5.74) is 13.2. The Bertz CT molecular complexity index is 1260. The van der Waals surface area contributed by atoms with Gasteiger partial charge in [-0.1, -0.05) is 11.6 Å². The Morgan fingerprint density at radius 3 is 2.45 bits per heavy atom. The zero-order chi connectivity index (χ0) is 22.7. The van der Waals surface area contributed by atoms with Gasteiger partial charge in [-0.15, -0.1) is 11.3 Å². The molecule has 0 saturated carbocycles. The molecule has 162 valence electrons. The Kier molecular flexibility index (Phi) is 6.77. The highest BCUT2D eigenvalue weighted by Gasteiger charge is 2.24. The maximum atomic E-state index is 12.0. The number of carboxylic acids is 1. The standard InChI is InChI=1S/C19H16ClN3O3S.C2H4O2/c20-10-5-6-13-9(7-10)8-12(16(21)24)18(26-13)23-19-15(17(22)25)11-3-1-2-4-14(11)27-19;1-2(3)4/h5-8H,1-4H2,(H2,21,24)(H2,22,25);1H3,(H,3,4)/b23-18-;. The number of nitrogens with two attached hydrogens (primary N) is 2. The van der Waals surface area contributed by atoms with Gasteiger partial charge in [0, 0.05) is 22.2 Å². The van der Waals surface area contributed by atoms with Gasteiger partial charge in [-0.05, 0) is 55.5 Å². The third-order valence-corrected chi connectivity index (χ3v) is 6.00. The summed E-state index contributed by atoms with van der Waals surface area (Å²) in [6.45, 7) is 1.08. The molecule has 2 amide bonds. The number of benzene rings is 1. The predicted octanol–water partition coefficient (Wildman–Crippen LogP) is 3.55. The summed E-state index contributed by atoms with van der Waals surface area (Å²) in [6.07, 6.45) is 3.78. The maximum Gasteiger partial charge on any atom is 0.300 e. The Labute approximate surface area is 186 Å². The van der Waals surface area contributed by atoms with Gasteiger partial charge in [-0.2, -0.15) is 0 Å². The van der Waals surface area contributed by atoms with E-state index in [2.05, 4.69) is 4.99 Å². The predicted molar refractivity (Wildman–Crippen MR) is 118 cm³/mol. The van der Waals surface area contributed by atoms with E-state index >= 15 is 0 Å². The lowest BCUT2D eigenvalue weighted by atomic mass is 9.95. The van der Waals surface area contributed by atoms with Gasteiger partial charge >= 0.3 is 0 Å². The molecule has 0 spiro atoms. The van der Waals surface area contributed by atoms with E-state index < -0.39 is 17.8 Å². The molecule has 0 fully saturated rings. The molecule has 1 aliphatic rings. The first-order valence-corrected chi connectivity index (χ1v) is 10.6. The number of nitrogens with zero attached hydrogens (tertiary/aromatic N) is 1. The van der Waals surface area contributed by atoms with Crippen LogP contribution < -0.4 is 17.0 Å². The number of carbonyl (C=O) groups excluding carboxylic acids is 2. The number of carbonyl (C=O) groups is 3. The van der Waals surface area contributed by atoms with E-state index in [1.165, 1.54) is 11.3 Å². The molecule has 2 heterocycles. The number of amides is 2. The van der Waals surface area contributed by atoms with Crippen LogP contribution in [-0.2, 0) is 17.6 Å². The van der Waals surface area contributed by atoms with E-state index in [0.717, 1.165) is 43.0 Å². The number of primary amides is 2. The number of aryl methyl sites for hydroxylation is 1. The lowest BCUT2D eigenvalue weighted by molar-refractivity contribution is -0.134. The first-order valence-electron chi connectivity index (χ1n) is 9.39. The second-order valence-corrected chi connectivity index (χ2v) is 8.42. The van der Waals surface area contributed by atoms with Gasteiger partial charge in [-0.25, -0.2) is 4.99 Å². The second kappa shape index (κ2) is 9.32. The molecular formula is C21H20ClN3O5S. The fourth-order valence-electron chi connectivity index (χ4n) is 3.34. The van der Waals surface area contributed by atoms with Crippen molar-refractivity contribution in [2.24, 2.45) is 16.5 Å². The maximum absolute atomic E-state index is 12.0. The molecule has 0 aliphatic heterocycles. The van der Waals surface area contributed by atoms with Gasteiger partial charge in [0.05, 0.1) is 5.56 Å². The van der Waals surface area contributed by atoms with Crippen LogP contribution in [0.3, 0.4) is 0 Å². The van der Waals surface area contributed by atoms with E-state index in [4.69, 9.17) is 37.4 Å². The number of rotatable bonds is 3. The minimum Gasteiger partial charge on any atom is -0.481 e. The molecule has 0 atom stereocenters. The van der Waals surface area contributed by atoms with Gasteiger partial charge < -0.3 is 21.0 Å². The highest BCUT2D eigenvalue weighted by atomic mass is 35.5. The van der Waals surface area contributed by atoms with Crippen molar-refractivity contribution in [3.63, 3.8) is 0 Å². The Hall–Kier alpha value is -3.17. The molecule has 0 bridgehead atoms. The minimum absolute atomic E-state index is 0.0541. The SMILES string of the molecule is CC(=O)O.NC(=O)c1c(/N=c2\oc3ccc(Cl)cc3cc2C(N)=O)sc2c1CCCC2. The Morgan fingerprint density at radius 1 is 1.13 bits per heavy atom. The minimum atomic E-state index is -0.833. The van der Waals surface area contributed by atoms with E-state index in [-0.39, 0.29) is 11.1 Å². The largest absolute Gasteiger partial charge is 0.481 e. The molecule has 1 aromatic carbocycles. The summed E-state index contributed by atoms with van der Waals surface area (Å²) in [7, 11) is 0. The normalized spacial score (nSPS) is 13.3. The van der Waals surface area contributed by atoms with E-state index in [9.17, 15) is 9.59 Å². The van der Waals surface area contributed by atoms with Crippen LogP contribution in [-0.4, -0.2) is 22.9 Å². The fraction of sp³-hybridized carbons (Fsp3) is 0.238. The lowest BCUT2D eigenvalue weighted by Gasteiger charge is -2.10. The Balaban J connectivity index is 0.000000628. The van der Waals surface area contributed by atoms with Gasteiger partial charge in [0.15, 0.2) is 0 Å². The first-order chi connectivity index (χ1) is 14.7. The van der Waals surface area contributed by atoms with Crippen molar-refractivity contribution in [2.75, 3.05) is 0 Å². The quantitative estimate of drug-likeness (QED) is 0.545. The number of aliphatic carboxylic acids is 1. The molecular weight excluding hydrogens is 442 g/mol. The molecule has 1 aliphatic carbocycles. The number of thiophene rings is 1. The molecule has 31 heavy (non-hydrogen) atoms. The second-order valence-electron chi connectivity index (χ2n) is 6.90. The zero-order valence-electron chi connectivity index (χ0n) is 16.6. The van der Waals surface area contributed by atoms with Crippen molar-refractivity contribution in [3.05, 3.63) is 56.4 Å². The summed E-state index contributed by atoms with van der Waals surface area (Å²) in [6, 6.07) is 6.63. The molecule has 5 N–H and O–H groups in total. The average molecular weight is 462 g/mol. The number of hydrogen-bond donors (Lipinski definition) is 3. The van der Waals surface area contributed by atoms with E-state index in [1.54, 1.807) is 24.3 Å².